The van der Waals surface area contributed by atoms with Crippen molar-refractivity contribution in [2.45, 2.75) is 12.8 Å². The molecule has 0 aliphatic heterocycles. The number of aromatic nitrogens is 1. The smallest absolute Gasteiger partial charge is 0.120 e. The van der Waals surface area contributed by atoms with Gasteiger partial charge in [-0.05, 0) is 37.0 Å². The first-order valence-electron chi connectivity index (χ1n) is 5.80. The second-order valence-electron chi connectivity index (χ2n) is 4.56. The number of nitrogen functional groups attached to an aromatic ring is 2. The fourth-order valence-corrected chi connectivity index (χ4v) is 1.80. The minimum absolute atomic E-state index is 0.511. The first kappa shape index (κ1) is 10.2. The van der Waals surface area contributed by atoms with E-state index in [1.807, 2.05) is 18.2 Å². The minimum Gasteiger partial charge on any atom is -0.493 e. The van der Waals surface area contributed by atoms with Crippen LogP contribution in [0.15, 0.2) is 24.4 Å². The van der Waals surface area contributed by atoms with Crippen molar-refractivity contribution in [3.05, 3.63) is 24.4 Å². The van der Waals surface area contributed by atoms with Gasteiger partial charge in [0.25, 0.3) is 0 Å². The average molecular weight is 229 g/mol. The van der Waals surface area contributed by atoms with E-state index in [4.69, 9.17) is 16.2 Å². The second-order valence-corrected chi connectivity index (χ2v) is 4.56. The summed E-state index contributed by atoms with van der Waals surface area (Å²) in [6.07, 6.45) is 4.15. The molecule has 0 spiro atoms. The van der Waals surface area contributed by atoms with Crippen molar-refractivity contribution >= 4 is 22.3 Å². The maximum atomic E-state index is 5.93. The molecule has 4 N–H and O–H groups in total. The van der Waals surface area contributed by atoms with Crippen molar-refractivity contribution < 1.29 is 4.74 Å². The third-order valence-electron chi connectivity index (χ3n) is 3.09. The first-order chi connectivity index (χ1) is 8.24. The molecule has 88 valence electrons. The summed E-state index contributed by atoms with van der Waals surface area (Å²) in [4.78, 5) is 4.23. The van der Waals surface area contributed by atoms with Gasteiger partial charge in [-0.1, -0.05) is 0 Å². The highest BCUT2D eigenvalue weighted by molar-refractivity contribution is 5.96. The third kappa shape index (κ3) is 1.98. The molecule has 0 radical (unpaired) electrons. The Balaban J connectivity index is 1.95. The third-order valence-corrected chi connectivity index (χ3v) is 3.09. The summed E-state index contributed by atoms with van der Waals surface area (Å²) in [6.45, 7) is 0.793. The Morgan fingerprint density at radius 3 is 2.88 bits per heavy atom. The molecule has 1 aliphatic carbocycles. The van der Waals surface area contributed by atoms with Gasteiger partial charge in [-0.2, -0.15) is 0 Å². The van der Waals surface area contributed by atoms with Crippen LogP contribution in [0.3, 0.4) is 0 Å². The van der Waals surface area contributed by atoms with Crippen molar-refractivity contribution in [1.82, 2.24) is 4.98 Å². The van der Waals surface area contributed by atoms with Gasteiger partial charge in [0.2, 0.25) is 0 Å². The lowest BCUT2D eigenvalue weighted by Crippen LogP contribution is -2.00. The van der Waals surface area contributed by atoms with E-state index in [9.17, 15) is 0 Å². The molecule has 1 fully saturated rings. The van der Waals surface area contributed by atoms with Crippen LogP contribution in [-0.4, -0.2) is 11.6 Å². The Labute approximate surface area is 99.6 Å². The lowest BCUT2D eigenvalue weighted by Gasteiger charge is -2.08. The van der Waals surface area contributed by atoms with Crippen molar-refractivity contribution in [3.63, 3.8) is 0 Å². The van der Waals surface area contributed by atoms with Gasteiger partial charge in [0.15, 0.2) is 0 Å². The van der Waals surface area contributed by atoms with Gasteiger partial charge >= 0.3 is 0 Å². The highest BCUT2D eigenvalue weighted by Gasteiger charge is 2.21. The summed E-state index contributed by atoms with van der Waals surface area (Å²) < 4.78 is 5.71. The molecule has 0 unspecified atom stereocenters. The van der Waals surface area contributed by atoms with E-state index >= 15 is 0 Å². The zero-order valence-electron chi connectivity index (χ0n) is 9.52. The zero-order chi connectivity index (χ0) is 11.8. The molecule has 1 heterocycles. The van der Waals surface area contributed by atoms with Gasteiger partial charge in [0, 0.05) is 5.39 Å². The molecule has 0 bridgehead atoms. The standard InChI is InChI=1S/C13H15N3O/c14-11-6-16-12-4-3-9(5-10(12)13(11)15)17-7-8-1-2-8/h3-6,8H,1-2,7,14H2,(H2,15,16). The van der Waals surface area contributed by atoms with E-state index in [1.165, 1.54) is 12.8 Å². The number of nitrogens with two attached hydrogens (primary N) is 2. The molecule has 0 atom stereocenters. The monoisotopic (exact) mass is 229 g/mol. The summed E-state index contributed by atoms with van der Waals surface area (Å²) >= 11 is 0. The number of anilines is 2. The maximum Gasteiger partial charge on any atom is 0.120 e. The van der Waals surface area contributed by atoms with Gasteiger partial charge < -0.3 is 16.2 Å². The van der Waals surface area contributed by atoms with Crippen LogP contribution in [0.5, 0.6) is 5.75 Å². The second kappa shape index (κ2) is 3.80. The normalized spacial score (nSPS) is 15.1. The summed E-state index contributed by atoms with van der Waals surface area (Å²) in [6, 6.07) is 5.75. The van der Waals surface area contributed by atoms with Crippen LogP contribution in [-0.2, 0) is 0 Å². The van der Waals surface area contributed by atoms with Crippen molar-refractivity contribution in [2.24, 2.45) is 5.92 Å². The van der Waals surface area contributed by atoms with Gasteiger partial charge in [-0.25, -0.2) is 0 Å². The summed E-state index contributed by atoms with van der Waals surface area (Å²) in [5, 5.41) is 0.860. The molecule has 2 aromatic rings. The van der Waals surface area contributed by atoms with Crippen molar-refractivity contribution in [1.29, 1.82) is 0 Å². The van der Waals surface area contributed by atoms with E-state index in [-0.39, 0.29) is 0 Å². The lowest BCUT2D eigenvalue weighted by molar-refractivity contribution is 0.300. The molecule has 17 heavy (non-hydrogen) atoms. The number of hydrogen-bond acceptors (Lipinski definition) is 4. The van der Waals surface area contributed by atoms with E-state index in [1.54, 1.807) is 6.20 Å². The first-order valence-corrected chi connectivity index (χ1v) is 5.80. The topological polar surface area (TPSA) is 74.2 Å². The zero-order valence-corrected chi connectivity index (χ0v) is 9.52. The predicted molar refractivity (Wildman–Crippen MR) is 68.8 cm³/mol. The Hall–Kier alpha value is -1.97. The molecule has 1 aliphatic rings. The number of fused-ring (bicyclic) bond motifs is 1. The number of rotatable bonds is 3. The highest BCUT2D eigenvalue weighted by atomic mass is 16.5. The Bertz CT molecular complexity index is 564. The highest BCUT2D eigenvalue weighted by Crippen LogP contribution is 2.31. The maximum absolute atomic E-state index is 5.93. The van der Waals surface area contributed by atoms with Crippen molar-refractivity contribution in [2.75, 3.05) is 18.1 Å². The van der Waals surface area contributed by atoms with Gasteiger partial charge in [0.05, 0.1) is 29.7 Å². The lowest BCUT2D eigenvalue weighted by atomic mass is 10.1. The predicted octanol–water partition coefficient (Wildman–Crippen LogP) is 2.19. The number of benzene rings is 1. The molecular weight excluding hydrogens is 214 g/mol. The molecular formula is C13H15N3O. The van der Waals surface area contributed by atoms with Crippen LogP contribution < -0.4 is 16.2 Å². The van der Waals surface area contributed by atoms with E-state index in [2.05, 4.69) is 4.98 Å². The molecule has 1 aromatic heterocycles. The Morgan fingerprint density at radius 2 is 2.12 bits per heavy atom. The van der Waals surface area contributed by atoms with Gasteiger partial charge in [-0.15, -0.1) is 0 Å². The number of ether oxygens (including phenoxy) is 1. The summed E-state index contributed by atoms with van der Waals surface area (Å²) in [7, 11) is 0. The largest absolute Gasteiger partial charge is 0.493 e. The minimum atomic E-state index is 0.511. The molecule has 4 heteroatoms. The van der Waals surface area contributed by atoms with Crippen LogP contribution in [0.25, 0.3) is 10.9 Å². The van der Waals surface area contributed by atoms with Crippen LogP contribution in [0.2, 0.25) is 0 Å². The van der Waals surface area contributed by atoms with E-state index in [0.29, 0.717) is 11.4 Å². The van der Waals surface area contributed by atoms with Crippen LogP contribution in [0.4, 0.5) is 11.4 Å². The molecule has 1 saturated carbocycles. The van der Waals surface area contributed by atoms with Crippen LogP contribution in [0.1, 0.15) is 12.8 Å². The molecule has 0 saturated heterocycles. The summed E-state index contributed by atoms with van der Waals surface area (Å²) in [5.74, 6) is 1.57. The Morgan fingerprint density at radius 1 is 1.29 bits per heavy atom. The molecule has 1 aromatic carbocycles. The number of hydrogen-bond donors (Lipinski definition) is 2. The fourth-order valence-electron chi connectivity index (χ4n) is 1.80. The van der Waals surface area contributed by atoms with Gasteiger partial charge in [0.1, 0.15) is 5.75 Å². The van der Waals surface area contributed by atoms with Crippen LogP contribution >= 0.6 is 0 Å². The van der Waals surface area contributed by atoms with Gasteiger partial charge in [-0.3, -0.25) is 4.98 Å². The molecule has 3 rings (SSSR count). The van der Waals surface area contributed by atoms with E-state index in [0.717, 1.165) is 29.2 Å². The molecule has 0 amide bonds. The molecule has 4 nitrogen and oxygen atoms in total. The van der Waals surface area contributed by atoms with Crippen molar-refractivity contribution in [3.8, 4) is 5.75 Å². The van der Waals surface area contributed by atoms with E-state index < -0.39 is 0 Å². The summed E-state index contributed by atoms with van der Waals surface area (Å²) in [5.41, 5.74) is 13.6. The SMILES string of the molecule is Nc1cnc2ccc(OCC3CC3)cc2c1N. The number of nitrogens with zero attached hydrogens (tertiary/aromatic N) is 1. The Kier molecular flexibility index (Phi) is 2.28. The number of pyridine rings is 1. The average Bonchev–Trinajstić information content (AvgIpc) is 3.16. The quantitative estimate of drug-likeness (QED) is 0.846. The fraction of sp³-hybridized carbons (Fsp3) is 0.308. The van der Waals surface area contributed by atoms with Crippen LogP contribution in [0, 0.1) is 5.92 Å².